The molecule has 1 amide bonds. The molecule has 1 aromatic heterocycles. The maximum Gasteiger partial charge on any atom is 0.253 e. The number of rotatable bonds is 3. The molecule has 2 unspecified atom stereocenters. The molecule has 1 fully saturated rings. The highest BCUT2D eigenvalue weighted by atomic mass is 35.5. The lowest BCUT2D eigenvalue weighted by Gasteiger charge is -2.08. The van der Waals surface area contributed by atoms with Crippen molar-refractivity contribution < 1.29 is 4.79 Å². The molecule has 0 aliphatic heterocycles. The number of hydrogen-bond acceptors (Lipinski definition) is 2. The topological polar surface area (TPSA) is 42.0 Å². The van der Waals surface area contributed by atoms with Gasteiger partial charge in [-0.15, -0.1) is 0 Å². The third-order valence-corrected chi connectivity index (χ3v) is 4.06. The highest BCUT2D eigenvalue weighted by Gasteiger charge is 2.36. The monoisotopic (exact) mass is 274 g/mol. The van der Waals surface area contributed by atoms with E-state index in [0.29, 0.717) is 22.7 Å². The molecule has 3 rings (SSSR count). The van der Waals surface area contributed by atoms with Crippen molar-refractivity contribution in [1.82, 2.24) is 10.3 Å². The van der Waals surface area contributed by atoms with E-state index in [1.54, 1.807) is 6.20 Å². The highest BCUT2D eigenvalue weighted by molar-refractivity contribution is 6.34. The van der Waals surface area contributed by atoms with Crippen LogP contribution in [-0.2, 0) is 0 Å². The fraction of sp³-hybridized carbons (Fsp3) is 0.333. The van der Waals surface area contributed by atoms with E-state index in [4.69, 9.17) is 11.6 Å². The van der Waals surface area contributed by atoms with Gasteiger partial charge in [0.05, 0.1) is 5.56 Å². The van der Waals surface area contributed by atoms with E-state index in [1.807, 2.05) is 24.3 Å². The molecule has 2 aromatic rings. The summed E-state index contributed by atoms with van der Waals surface area (Å²) in [4.78, 5) is 16.4. The van der Waals surface area contributed by atoms with Gasteiger partial charge in [-0.05, 0) is 17.7 Å². The van der Waals surface area contributed by atoms with Gasteiger partial charge in [-0.3, -0.25) is 4.79 Å². The molecule has 4 heteroatoms. The Kier molecular flexibility index (Phi) is 3.15. The number of nitrogens with zero attached hydrogens (tertiary/aromatic N) is 1. The Morgan fingerprint density at radius 3 is 2.84 bits per heavy atom. The number of pyridine rings is 1. The number of hydrogen-bond donors (Lipinski definition) is 1. The van der Waals surface area contributed by atoms with Crippen LogP contribution in [0, 0.1) is 5.92 Å². The number of nitrogens with one attached hydrogen (secondary N) is 1. The Hall–Kier alpha value is -1.61. The number of carbonyl (C=O) groups excluding carboxylic acids is 1. The number of aromatic nitrogens is 1. The second-order valence-electron chi connectivity index (χ2n) is 4.99. The van der Waals surface area contributed by atoms with Crippen molar-refractivity contribution in [2.45, 2.75) is 25.8 Å². The van der Waals surface area contributed by atoms with Gasteiger partial charge in [0, 0.05) is 17.6 Å². The van der Waals surface area contributed by atoms with Crippen molar-refractivity contribution in [2.24, 2.45) is 5.92 Å². The van der Waals surface area contributed by atoms with E-state index in [9.17, 15) is 4.79 Å². The molecule has 0 spiro atoms. The molecular formula is C15H15ClN2O. The quantitative estimate of drug-likeness (QED) is 0.872. The summed E-state index contributed by atoms with van der Waals surface area (Å²) in [5.74, 6) is 0.580. The Labute approximate surface area is 117 Å². The average molecular weight is 275 g/mol. The predicted molar refractivity (Wildman–Crippen MR) is 76.4 cm³/mol. The smallest absolute Gasteiger partial charge is 0.253 e. The maximum absolute atomic E-state index is 12.3. The summed E-state index contributed by atoms with van der Waals surface area (Å²) >= 11 is 6.05. The molecule has 1 aromatic carbocycles. The predicted octanol–water partition coefficient (Wildman–Crippen LogP) is 3.42. The summed E-state index contributed by atoms with van der Waals surface area (Å²) in [6, 6.07) is 7.91. The molecule has 1 saturated carbocycles. The Morgan fingerprint density at radius 2 is 2.16 bits per heavy atom. The van der Waals surface area contributed by atoms with Crippen molar-refractivity contribution in [3.8, 4) is 0 Å². The first-order chi connectivity index (χ1) is 9.20. The molecule has 1 N–H and O–H groups in total. The minimum absolute atomic E-state index is 0.0543. The third-order valence-electron chi connectivity index (χ3n) is 3.75. The molecule has 0 saturated heterocycles. The summed E-state index contributed by atoms with van der Waals surface area (Å²) in [6.45, 7) is 2.15. The zero-order valence-electron chi connectivity index (χ0n) is 10.7. The van der Waals surface area contributed by atoms with Gasteiger partial charge < -0.3 is 5.32 Å². The minimum Gasteiger partial charge on any atom is -0.349 e. The fourth-order valence-electron chi connectivity index (χ4n) is 2.46. The van der Waals surface area contributed by atoms with Crippen molar-refractivity contribution in [3.05, 3.63) is 41.2 Å². The van der Waals surface area contributed by atoms with Crippen LogP contribution in [-0.4, -0.2) is 16.9 Å². The number of fused-ring (bicyclic) bond motifs is 1. The van der Waals surface area contributed by atoms with Gasteiger partial charge in [0.25, 0.3) is 5.91 Å². The first kappa shape index (κ1) is 12.4. The first-order valence-electron chi connectivity index (χ1n) is 6.54. The van der Waals surface area contributed by atoms with E-state index >= 15 is 0 Å². The maximum atomic E-state index is 12.3. The lowest BCUT2D eigenvalue weighted by Crippen LogP contribution is -2.27. The van der Waals surface area contributed by atoms with Crippen LogP contribution >= 0.6 is 11.6 Å². The van der Waals surface area contributed by atoms with E-state index in [0.717, 1.165) is 23.6 Å². The molecule has 2 atom stereocenters. The molecule has 98 valence electrons. The molecular weight excluding hydrogens is 260 g/mol. The van der Waals surface area contributed by atoms with Crippen LogP contribution in [0.2, 0.25) is 5.15 Å². The number of benzene rings is 1. The van der Waals surface area contributed by atoms with Crippen molar-refractivity contribution in [2.75, 3.05) is 0 Å². The molecule has 1 aliphatic rings. The summed E-state index contributed by atoms with van der Waals surface area (Å²) in [6.07, 6.45) is 3.76. The van der Waals surface area contributed by atoms with Crippen molar-refractivity contribution in [1.29, 1.82) is 0 Å². The fourth-order valence-corrected chi connectivity index (χ4v) is 2.67. The van der Waals surface area contributed by atoms with E-state index in [-0.39, 0.29) is 5.91 Å². The van der Waals surface area contributed by atoms with Gasteiger partial charge in [-0.1, -0.05) is 49.2 Å². The van der Waals surface area contributed by atoms with Gasteiger partial charge >= 0.3 is 0 Å². The van der Waals surface area contributed by atoms with Gasteiger partial charge in [0.15, 0.2) is 0 Å². The van der Waals surface area contributed by atoms with Crippen LogP contribution in [0.15, 0.2) is 30.5 Å². The molecule has 3 nitrogen and oxygen atoms in total. The molecule has 0 bridgehead atoms. The van der Waals surface area contributed by atoms with Crippen LogP contribution in [0.25, 0.3) is 10.8 Å². The van der Waals surface area contributed by atoms with E-state index < -0.39 is 0 Å². The number of carbonyl (C=O) groups is 1. The SMILES string of the molecule is CCC1CC1NC(=O)c1cnc(Cl)c2ccccc12. The summed E-state index contributed by atoms with van der Waals surface area (Å²) in [5.41, 5.74) is 0.599. The summed E-state index contributed by atoms with van der Waals surface area (Å²) < 4.78 is 0. The van der Waals surface area contributed by atoms with Crippen LogP contribution in [0.3, 0.4) is 0 Å². The molecule has 1 aliphatic carbocycles. The number of amides is 1. The van der Waals surface area contributed by atoms with Gasteiger partial charge in [0.2, 0.25) is 0 Å². The Balaban J connectivity index is 1.92. The van der Waals surface area contributed by atoms with Crippen LogP contribution in [0.5, 0.6) is 0 Å². The zero-order valence-corrected chi connectivity index (χ0v) is 11.4. The zero-order chi connectivity index (χ0) is 13.4. The van der Waals surface area contributed by atoms with Crippen LogP contribution in [0.4, 0.5) is 0 Å². The molecule has 19 heavy (non-hydrogen) atoms. The second kappa shape index (κ2) is 4.82. The Morgan fingerprint density at radius 1 is 1.42 bits per heavy atom. The third kappa shape index (κ3) is 2.30. The standard InChI is InChI=1S/C15H15ClN2O/c1-2-9-7-13(9)18-15(19)12-8-17-14(16)11-6-4-3-5-10(11)12/h3-6,8-9,13H,2,7H2,1H3,(H,18,19). The summed E-state index contributed by atoms with van der Waals surface area (Å²) in [7, 11) is 0. The van der Waals surface area contributed by atoms with Gasteiger partial charge in [-0.25, -0.2) is 4.98 Å². The van der Waals surface area contributed by atoms with Crippen LogP contribution in [0.1, 0.15) is 30.1 Å². The normalized spacial score (nSPS) is 21.4. The minimum atomic E-state index is -0.0543. The van der Waals surface area contributed by atoms with Crippen LogP contribution < -0.4 is 5.32 Å². The largest absolute Gasteiger partial charge is 0.349 e. The summed E-state index contributed by atoms with van der Waals surface area (Å²) in [5, 5.41) is 5.17. The van der Waals surface area contributed by atoms with E-state index in [1.165, 1.54) is 0 Å². The van der Waals surface area contributed by atoms with Crippen molar-refractivity contribution in [3.63, 3.8) is 0 Å². The molecule has 1 heterocycles. The molecule has 0 radical (unpaired) electrons. The second-order valence-corrected chi connectivity index (χ2v) is 5.35. The van der Waals surface area contributed by atoms with Gasteiger partial charge in [0.1, 0.15) is 5.15 Å². The Bertz CT molecular complexity index is 641. The average Bonchev–Trinajstić information content (AvgIpc) is 3.17. The highest BCUT2D eigenvalue weighted by Crippen LogP contribution is 2.33. The number of halogens is 1. The first-order valence-corrected chi connectivity index (χ1v) is 6.92. The lowest BCUT2D eigenvalue weighted by atomic mass is 10.1. The lowest BCUT2D eigenvalue weighted by molar-refractivity contribution is 0.0950. The van der Waals surface area contributed by atoms with Crippen molar-refractivity contribution >= 4 is 28.3 Å². The van der Waals surface area contributed by atoms with E-state index in [2.05, 4.69) is 17.2 Å². The van der Waals surface area contributed by atoms with Gasteiger partial charge in [-0.2, -0.15) is 0 Å².